The van der Waals surface area contributed by atoms with Crippen LogP contribution in [0.2, 0.25) is 0 Å². The third-order valence-corrected chi connectivity index (χ3v) is 6.97. The van der Waals surface area contributed by atoms with Gasteiger partial charge in [-0.3, -0.25) is 0 Å². The minimum absolute atomic E-state index is 0.0818. The van der Waals surface area contributed by atoms with Crippen molar-refractivity contribution in [3.63, 3.8) is 0 Å². The number of hydrogen-bond donors (Lipinski definition) is 4. The SMILES string of the molecule is Cc1cc(CNCCO)ccc1OCc1cccc(-c2cccc(-c3nc4cc(CNCCO)ccc4o3)c2C#N)c1. The van der Waals surface area contributed by atoms with Crippen molar-refractivity contribution in [1.29, 1.82) is 5.26 Å². The number of fused-ring (bicyclic) bond motifs is 1. The summed E-state index contributed by atoms with van der Waals surface area (Å²) in [6.45, 7) is 4.99. The Balaban J connectivity index is 1.35. The summed E-state index contributed by atoms with van der Waals surface area (Å²) in [5, 5.41) is 34.5. The first kappa shape index (κ1) is 29.0. The molecule has 214 valence electrons. The van der Waals surface area contributed by atoms with Crippen LogP contribution in [0, 0.1) is 18.3 Å². The fraction of sp³-hybridized carbons (Fsp3) is 0.235. The first-order valence-electron chi connectivity index (χ1n) is 14.0. The zero-order chi connectivity index (χ0) is 29.3. The van der Waals surface area contributed by atoms with Gasteiger partial charge >= 0.3 is 0 Å². The Morgan fingerprint density at radius 3 is 2.29 bits per heavy atom. The monoisotopic (exact) mass is 562 g/mol. The fourth-order valence-electron chi connectivity index (χ4n) is 4.89. The molecule has 5 rings (SSSR count). The molecule has 0 bridgehead atoms. The predicted octanol–water partition coefficient (Wildman–Crippen LogP) is 5.08. The molecule has 0 saturated carbocycles. The molecule has 1 heterocycles. The van der Waals surface area contributed by atoms with Crippen molar-refractivity contribution in [3.05, 3.63) is 107 Å². The van der Waals surface area contributed by atoms with E-state index in [1.54, 1.807) is 0 Å². The van der Waals surface area contributed by atoms with Crippen molar-refractivity contribution in [2.45, 2.75) is 26.6 Å². The number of nitrogens with one attached hydrogen (secondary N) is 2. The maximum Gasteiger partial charge on any atom is 0.228 e. The molecule has 0 spiro atoms. The summed E-state index contributed by atoms with van der Waals surface area (Å²) < 4.78 is 12.2. The zero-order valence-electron chi connectivity index (χ0n) is 23.6. The minimum atomic E-state index is 0.0818. The van der Waals surface area contributed by atoms with E-state index in [0.717, 1.165) is 39.1 Å². The van der Waals surface area contributed by atoms with Crippen LogP contribution in [-0.4, -0.2) is 41.5 Å². The minimum Gasteiger partial charge on any atom is -0.489 e. The second-order valence-electron chi connectivity index (χ2n) is 10.1. The van der Waals surface area contributed by atoms with Gasteiger partial charge in [0, 0.05) is 31.7 Å². The Kier molecular flexibility index (Phi) is 9.59. The smallest absolute Gasteiger partial charge is 0.228 e. The van der Waals surface area contributed by atoms with E-state index in [9.17, 15) is 5.26 Å². The third-order valence-electron chi connectivity index (χ3n) is 6.97. The number of ether oxygens (including phenoxy) is 1. The normalized spacial score (nSPS) is 11.1. The van der Waals surface area contributed by atoms with Crippen LogP contribution < -0.4 is 15.4 Å². The molecule has 8 heteroatoms. The van der Waals surface area contributed by atoms with Crippen LogP contribution in [0.4, 0.5) is 0 Å². The summed E-state index contributed by atoms with van der Waals surface area (Å²) in [5.74, 6) is 1.21. The van der Waals surface area contributed by atoms with Gasteiger partial charge in [0.1, 0.15) is 23.9 Å². The molecule has 4 aromatic carbocycles. The second kappa shape index (κ2) is 13.9. The van der Waals surface area contributed by atoms with Crippen molar-refractivity contribution in [3.8, 4) is 34.4 Å². The van der Waals surface area contributed by atoms with E-state index in [0.29, 0.717) is 60.9 Å². The number of nitrogens with zero attached hydrogens (tertiary/aromatic N) is 2. The summed E-state index contributed by atoms with van der Waals surface area (Å²) in [6.07, 6.45) is 0. The van der Waals surface area contributed by atoms with Crippen molar-refractivity contribution >= 4 is 11.1 Å². The number of oxazole rings is 1. The zero-order valence-corrected chi connectivity index (χ0v) is 23.6. The van der Waals surface area contributed by atoms with Crippen molar-refractivity contribution in [2.75, 3.05) is 26.3 Å². The largest absolute Gasteiger partial charge is 0.489 e. The lowest BCUT2D eigenvalue weighted by Gasteiger charge is -2.13. The average Bonchev–Trinajstić information content (AvgIpc) is 3.44. The molecule has 5 aromatic rings. The van der Waals surface area contributed by atoms with Gasteiger partial charge in [0.2, 0.25) is 5.89 Å². The molecule has 42 heavy (non-hydrogen) atoms. The molecule has 1 aromatic heterocycles. The lowest BCUT2D eigenvalue weighted by molar-refractivity contribution is 0.291. The maximum absolute atomic E-state index is 10.2. The quantitative estimate of drug-likeness (QED) is 0.147. The number of hydrogen-bond acceptors (Lipinski definition) is 8. The van der Waals surface area contributed by atoms with Gasteiger partial charge in [-0.25, -0.2) is 4.98 Å². The molecule has 4 N–H and O–H groups in total. The van der Waals surface area contributed by atoms with Crippen LogP contribution in [0.15, 0.2) is 83.3 Å². The highest BCUT2D eigenvalue weighted by atomic mass is 16.5. The standard InChI is InChI=1S/C34H34N4O4/c1-23-16-24(20-36-12-14-39)8-10-32(23)41-22-26-4-2-5-27(17-26)28-6-3-7-29(30(28)19-35)34-38-31-18-25(21-37-13-15-40)9-11-33(31)42-34/h2-11,16-18,36-37,39-40H,12-15,20-22H2,1H3. The molecule has 0 amide bonds. The number of nitriles is 1. The van der Waals surface area contributed by atoms with Gasteiger partial charge in [-0.1, -0.05) is 48.5 Å². The topological polar surface area (TPSA) is 124 Å². The Bertz CT molecular complexity index is 1710. The van der Waals surface area contributed by atoms with E-state index in [1.807, 2.05) is 79.7 Å². The Morgan fingerprint density at radius 2 is 1.55 bits per heavy atom. The molecule has 0 aliphatic heterocycles. The average molecular weight is 563 g/mol. The number of aryl methyl sites for hydroxylation is 1. The summed E-state index contributed by atoms with van der Waals surface area (Å²) in [5.41, 5.74) is 8.39. The van der Waals surface area contributed by atoms with Gasteiger partial charge in [-0.2, -0.15) is 5.26 Å². The molecule has 0 aliphatic carbocycles. The van der Waals surface area contributed by atoms with Crippen LogP contribution in [0.25, 0.3) is 33.7 Å². The number of aliphatic hydroxyl groups excluding tert-OH is 2. The lowest BCUT2D eigenvalue weighted by Crippen LogP contribution is -2.17. The van der Waals surface area contributed by atoms with E-state index in [-0.39, 0.29) is 13.2 Å². The van der Waals surface area contributed by atoms with Gasteiger partial charge < -0.3 is 30.0 Å². The van der Waals surface area contributed by atoms with E-state index in [1.165, 1.54) is 0 Å². The summed E-state index contributed by atoms with van der Waals surface area (Å²) in [7, 11) is 0. The number of rotatable bonds is 13. The van der Waals surface area contributed by atoms with Crippen molar-refractivity contribution in [1.82, 2.24) is 15.6 Å². The first-order valence-corrected chi connectivity index (χ1v) is 14.0. The van der Waals surface area contributed by atoms with Crippen LogP contribution in [0.5, 0.6) is 5.75 Å². The van der Waals surface area contributed by atoms with Gasteiger partial charge in [-0.05, 0) is 65.1 Å². The van der Waals surface area contributed by atoms with Gasteiger partial charge in [0.05, 0.1) is 24.3 Å². The van der Waals surface area contributed by atoms with Crippen LogP contribution in [-0.2, 0) is 19.7 Å². The van der Waals surface area contributed by atoms with E-state index in [2.05, 4.69) is 22.8 Å². The van der Waals surface area contributed by atoms with Gasteiger partial charge in [-0.15, -0.1) is 0 Å². The summed E-state index contributed by atoms with van der Waals surface area (Å²) in [4.78, 5) is 4.70. The van der Waals surface area contributed by atoms with Gasteiger partial charge in [0.15, 0.2) is 5.58 Å². The molecular formula is C34H34N4O4. The predicted molar refractivity (Wildman–Crippen MR) is 163 cm³/mol. The highest BCUT2D eigenvalue weighted by Gasteiger charge is 2.17. The molecule has 8 nitrogen and oxygen atoms in total. The van der Waals surface area contributed by atoms with Crippen molar-refractivity contribution in [2.24, 2.45) is 0 Å². The van der Waals surface area contributed by atoms with Crippen LogP contribution in [0.3, 0.4) is 0 Å². The van der Waals surface area contributed by atoms with Crippen LogP contribution in [0.1, 0.15) is 27.8 Å². The molecule has 0 atom stereocenters. The second-order valence-corrected chi connectivity index (χ2v) is 10.1. The molecule has 0 aliphatic rings. The lowest BCUT2D eigenvalue weighted by atomic mass is 9.95. The highest BCUT2D eigenvalue weighted by Crippen LogP contribution is 2.34. The first-order chi connectivity index (χ1) is 20.6. The maximum atomic E-state index is 10.2. The molecule has 0 saturated heterocycles. The van der Waals surface area contributed by atoms with E-state index in [4.69, 9.17) is 24.4 Å². The Hall–Kier alpha value is -4.52. The Morgan fingerprint density at radius 1 is 0.833 bits per heavy atom. The van der Waals surface area contributed by atoms with Crippen LogP contribution >= 0.6 is 0 Å². The number of aliphatic hydroxyl groups is 2. The molecule has 0 unspecified atom stereocenters. The summed E-state index contributed by atoms with van der Waals surface area (Å²) in [6, 6.07) is 28.0. The van der Waals surface area contributed by atoms with Gasteiger partial charge in [0.25, 0.3) is 0 Å². The van der Waals surface area contributed by atoms with E-state index >= 15 is 0 Å². The third kappa shape index (κ3) is 6.85. The Labute approximate surface area is 245 Å². The highest BCUT2D eigenvalue weighted by molar-refractivity contribution is 5.83. The number of benzene rings is 4. The molecule has 0 radical (unpaired) electrons. The van der Waals surface area contributed by atoms with E-state index < -0.39 is 0 Å². The number of aromatic nitrogens is 1. The fourth-order valence-corrected chi connectivity index (χ4v) is 4.89. The van der Waals surface area contributed by atoms with Crippen molar-refractivity contribution < 1.29 is 19.4 Å². The molecular weight excluding hydrogens is 528 g/mol. The summed E-state index contributed by atoms with van der Waals surface area (Å²) >= 11 is 0. The molecule has 0 fully saturated rings.